The summed E-state index contributed by atoms with van der Waals surface area (Å²) in [6.07, 6.45) is 1.40. The molecule has 0 saturated carbocycles. The number of rotatable bonds is 2. The zero-order valence-electron chi connectivity index (χ0n) is 10.1. The van der Waals surface area contributed by atoms with Crippen molar-refractivity contribution in [2.75, 3.05) is 7.11 Å². The lowest BCUT2D eigenvalue weighted by Crippen LogP contribution is -2.05. The third-order valence-electron chi connectivity index (χ3n) is 2.84. The van der Waals surface area contributed by atoms with Crippen LogP contribution < -0.4 is 10.3 Å². The van der Waals surface area contributed by atoms with Gasteiger partial charge in [-0.2, -0.15) is 0 Å². The first-order valence-electron chi connectivity index (χ1n) is 5.33. The second-order valence-corrected chi connectivity index (χ2v) is 3.88. The SMILES string of the molecule is COc1c(-c2cc(=O)[nH]cn2)ccc(C)c1C. The van der Waals surface area contributed by atoms with E-state index in [0.717, 1.165) is 22.4 Å². The molecule has 4 nitrogen and oxygen atoms in total. The average molecular weight is 230 g/mol. The van der Waals surface area contributed by atoms with Crippen LogP contribution in [0.2, 0.25) is 0 Å². The largest absolute Gasteiger partial charge is 0.496 e. The number of hydrogen-bond donors (Lipinski definition) is 1. The summed E-state index contributed by atoms with van der Waals surface area (Å²) >= 11 is 0. The first-order valence-corrected chi connectivity index (χ1v) is 5.33. The lowest BCUT2D eigenvalue weighted by molar-refractivity contribution is 0.413. The van der Waals surface area contributed by atoms with Gasteiger partial charge in [0.2, 0.25) is 0 Å². The Morgan fingerprint density at radius 2 is 2.06 bits per heavy atom. The van der Waals surface area contributed by atoms with Crippen LogP contribution in [0.1, 0.15) is 11.1 Å². The maximum Gasteiger partial charge on any atom is 0.251 e. The fraction of sp³-hybridized carbons (Fsp3) is 0.231. The van der Waals surface area contributed by atoms with Crippen molar-refractivity contribution in [3.63, 3.8) is 0 Å². The minimum Gasteiger partial charge on any atom is -0.496 e. The third-order valence-corrected chi connectivity index (χ3v) is 2.84. The molecule has 1 heterocycles. The van der Waals surface area contributed by atoms with E-state index in [4.69, 9.17) is 4.74 Å². The van der Waals surface area contributed by atoms with Gasteiger partial charge in [0.25, 0.3) is 5.56 Å². The zero-order chi connectivity index (χ0) is 12.4. The van der Waals surface area contributed by atoms with Gasteiger partial charge in [0.1, 0.15) is 5.75 Å². The fourth-order valence-electron chi connectivity index (χ4n) is 1.77. The van der Waals surface area contributed by atoms with E-state index in [0.29, 0.717) is 5.69 Å². The van der Waals surface area contributed by atoms with E-state index >= 15 is 0 Å². The Balaban J connectivity index is 2.68. The molecule has 2 aromatic rings. The van der Waals surface area contributed by atoms with Gasteiger partial charge in [-0.25, -0.2) is 4.98 Å². The number of ether oxygens (including phenoxy) is 1. The van der Waals surface area contributed by atoms with Crippen molar-refractivity contribution in [3.8, 4) is 17.0 Å². The minimum atomic E-state index is -0.171. The molecule has 1 N–H and O–H groups in total. The number of nitrogens with one attached hydrogen (secondary N) is 1. The normalized spacial score (nSPS) is 10.3. The summed E-state index contributed by atoms with van der Waals surface area (Å²) in [7, 11) is 1.62. The molecule has 0 saturated heterocycles. The molecule has 0 radical (unpaired) electrons. The fourth-order valence-corrected chi connectivity index (χ4v) is 1.77. The number of aromatic nitrogens is 2. The van der Waals surface area contributed by atoms with Crippen LogP contribution in [0.25, 0.3) is 11.3 Å². The Labute approximate surface area is 99.3 Å². The summed E-state index contributed by atoms with van der Waals surface area (Å²) in [6, 6.07) is 5.38. The van der Waals surface area contributed by atoms with Crippen LogP contribution in [0, 0.1) is 13.8 Å². The summed E-state index contributed by atoms with van der Waals surface area (Å²) in [6.45, 7) is 4.01. The van der Waals surface area contributed by atoms with E-state index in [2.05, 4.69) is 9.97 Å². The maximum atomic E-state index is 11.3. The number of benzene rings is 1. The lowest BCUT2D eigenvalue weighted by Gasteiger charge is -2.12. The third kappa shape index (κ3) is 2.06. The van der Waals surface area contributed by atoms with E-state index < -0.39 is 0 Å². The number of H-pyrrole nitrogens is 1. The standard InChI is InChI=1S/C13H14N2O2/c1-8-4-5-10(13(17-3)9(8)2)11-6-12(16)15-7-14-11/h4-7H,1-3H3,(H,14,15,16). The molecule has 0 aliphatic carbocycles. The number of nitrogens with zero attached hydrogens (tertiary/aromatic N) is 1. The Bertz CT molecular complexity index is 603. The van der Waals surface area contributed by atoms with Crippen molar-refractivity contribution >= 4 is 0 Å². The van der Waals surface area contributed by atoms with Crippen LogP contribution in [0.5, 0.6) is 5.75 Å². The van der Waals surface area contributed by atoms with Crippen molar-refractivity contribution in [1.82, 2.24) is 9.97 Å². The van der Waals surface area contributed by atoms with E-state index in [9.17, 15) is 4.79 Å². The molecule has 0 spiro atoms. The van der Waals surface area contributed by atoms with E-state index in [1.54, 1.807) is 7.11 Å². The molecule has 1 aromatic heterocycles. The summed E-state index contributed by atoms with van der Waals surface area (Å²) in [5, 5.41) is 0. The van der Waals surface area contributed by atoms with Crippen LogP contribution in [0.15, 0.2) is 29.3 Å². The Hall–Kier alpha value is -2.10. The summed E-state index contributed by atoms with van der Waals surface area (Å²) in [4.78, 5) is 17.9. The Morgan fingerprint density at radius 1 is 1.29 bits per heavy atom. The molecule has 88 valence electrons. The molecule has 17 heavy (non-hydrogen) atoms. The van der Waals surface area contributed by atoms with Gasteiger partial charge in [-0.3, -0.25) is 4.79 Å². The molecular weight excluding hydrogens is 216 g/mol. The van der Waals surface area contributed by atoms with E-state index in [-0.39, 0.29) is 5.56 Å². The molecule has 0 atom stereocenters. The number of methoxy groups -OCH3 is 1. The predicted molar refractivity (Wildman–Crippen MR) is 66.3 cm³/mol. The van der Waals surface area contributed by atoms with Crippen molar-refractivity contribution in [3.05, 3.63) is 46.0 Å². The minimum absolute atomic E-state index is 0.171. The molecule has 0 aliphatic heterocycles. The van der Waals surface area contributed by atoms with Crippen LogP contribution in [0.3, 0.4) is 0 Å². The average Bonchev–Trinajstić information content (AvgIpc) is 2.32. The molecule has 1 aromatic carbocycles. The first-order chi connectivity index (χ1) is 8.13. The molecule has 0 fully saturated rings. The predicted octanol–water partition coefficient (Wildman–Crippen LogP) is 2.06. The monoisotopic (exact) mass is 230 g/mol. The maximum absolute atomic E-state index is 11.3. The second kappa shape index (κ2) is 4.41. The Kier molecular flexibility index (Phi) is 2.95. The zero-order valence-corrected chi connectivity index (χ0v) is 10.1. The van der Waals surface area contributed by atoms with Gasteiger partial charge >= 0.3 is 0 Å². The molecule has 2 rings (SSSR count). The summed E-state index contributed by atoms with van der Waals surface area (Å²) in [5.74, 6) is 0.767. The van der Waals surface area contributed by atoms with Gasteiger partial charge in [0.05, 0.1) is 19.1 Å². The molecule has 0 aliphatic rings. The molecule has 0 unspecified atom stereocenters. The Morgan fingerprint density at radius 3 is 2.71 bits per heavy atom. The highest BCUT2D eigenvalue weighted by Crippen LogP contribution is 2.32. The molecule has 0 bridgehead atoms. The summed E-state index contributed by atoms with van der Waals surface area (Å²) in [5.41, 5.74) is 3.49. The van der Waals surface area contributed by atoms with Gasteiger partial charge in [-0.15, -0.1) is 0 Å². The van der Waals surface area contributed by atoms with Gasteiger partial charge in [0, 0.05) is 11.6 Å². The van der Waals surface area contributed by atoms with E-state index in [1.807, 2.05) is 26.0 Å². The van der Waals surface area contributed by atoms with Gasteiger partial charge in [0.15, 0.2) is 0 Å². The van der Waals surface area contributed by atoms with Gasteiger partial charge in [-0.05, 0) is 31.0 Å². The number of aromatic amines is 1. The van der Waals surface area contributed by atoms with E-state index in [1.165, 1.54) is 12.4 Å². The molecule has 4 heteroatoms. The van der Waals surface area contributed by atoms with Crippen molar-refractivity contribution in [1.29, 1.82) is 0 Å². The van der Waals surface area contributed by atoms with Gasteiger partial charge < -0.3 is 9.72 Å². The summed E-state index contributed by atoms with van der Waals surface area (Å²) < 4.78 is 5.40. The molecule has 0 amide bonds. The first kappa shape index (κ1) is 11.4. The highest BCUT2D eigenvalue weighted by atomic mass is 16.5. The van der Waals surface area contributed by atoms with Crippen LogP contribution >= 0.6 is 0 Å². The lowest BCUT2D eigenvalue weighted by atomic mass is 10.0. The quantitative estimate of drug-likeness (QED) is 0.859. The topological polar surface area (TPSA) is 55.0 Å². The van der Waals surface area contributed by atoms with Crippen molar-refractivity contribution in [2.45, 2.75) is 13.8 Å². The van der Waals surface area contributed by atoms with Crippen LogP contribution in [-0.2, 0) is 0 Å². The second-order valence-electron chi connectivity index (χ2n) is 3.88. The van der Waals surface area contributed by atoms with Crippen molar-refractivity contribution in [2.24, 2.45) is 0 Å². The number of aryl methyl sites for hydroxylation is 1. The van der Waals surface area contributed by atoms with Crippen LogP contribution in [0.4, 0.5) is 0 Å². The number of hydrogen-bond acceptors (Lipinski definition) is 3. The van der Waals surface area contributed by atoms with Gasteiger partial charge in [-0.1, -0.05) is 6.07 Å². The highest BCUT2D eigenvalue weighted by molar-refractivity contribution is 5.69. The highest BCUT2D eigenvalue weighted by Gasteiger charge is 2.11. The molecular formula is C13H14N2O2. The van der Waals surface area contributed by atoms with Crippen molar-refractivity contribution < 1.29 is 4.74 Å². The smallest absolute Gasteiger partial charge is 0.251 e. The van der Waals surface area contributed by atoms with Crippen LogP contribution in [-0.4, -0.2) is 17.1 Å².